The van der Waals surface area contributed by atoms with E-state index in [0.29, 0.717) is 20.7 Å². The number of hydrogen-bond donors (Lipinski definition) is 2. The zero-order valence-corrected chi connectivity index (χ0v) is 13.5. The average Bonchev–Trinajstić information content (AvgIpc) is 2.41. The molecule has 0 aliphatic rings. The van der Waals surface area contributed by atoms with E-state index in [2.05, 4.69) is 21.2 Å². The van der Waals surface area contributed by atoms with Gasteiger partial charge in [0.15, 0.2) is 0 Å². The molecule has 0 aliphatic heterocycles. The van der Waals surface area contributed by atoms with Crippen molar-refractivity contribution in [1.29, 1.82) is 0 Å². The van der Waals surface area contributed by atoms with Crippen LogP contribution in [0.25, 0.3) is 0 Å². The monoisotopic (exact) mass is 387 g/mol. The van der Waals surface area contributed by atoms with Crippen LogP contribution in [0.3, 0.4) is 0 Å². The Labute approximate surface area is 138 Å². The van der Waals surface area contributed by atoms with E-state index in [1.54, 1.807) is 18.2 Å². The summed E-state index contributed by atoms with van der Waals surface area (Å²) in [6.07, 6.45) is 0. The number of amides is 1. The molecule has 0 radical (unpaired) electrons. The first-order valence-corrected chi connectivity index (χ1v) is 7.22. The highest BCUT2D eigenvalue weighted by atomic mass is 79.9. The highest BCUT2D eigenvalue weighted by molar-refractivity contribution is 9.10. The zero-order chi connectivity index (χ0) is 15.6. The second-order valence-corrected chi connectivity index (χ2v) is 5.75. The van der Waals surface area contributed by atoms with Gasteiger partial charge in [-0.15, -0.1) is 0 Å². The number of carbonyl (C=O) groups excluding carboxylic acids is 1. The van der Waals surface area contributed by atoms with Gasteiger partial charge in [-0.05, 0) is 52.3 Å². The topological polar surface area (TPSA) is 66.4 Å². The van der Waals surface area contributed by atoms with Crippen molar-refractivity contribution in [2.24, 2.45) is 0 Å². The summed E-state index contributed by atoms with van der Waals surface area (Å²) < 4.78 is 0.607. The Bertz CT molecular complexity index is 734. The van der Waals surface area contributed by atoms with Gasteiger partial charge in [-0.2, -0.15) is 0 Å². The van der Waals surface area contributed by atoms with Crippen LogP contribution >= 0.6 is 39.1 Å². The van der Waals surface area contributed by atoms with Gasteiger partial charge in [0.2, 0.25) is 0 Å². The van der Waals surface area contributed by atoms with Crippen LogP contribution in [0.5, 0.6) is 0 Å². The highest BCUT2D eigenvalue weighted by Gasteiger charge is 2.12. The lowest BCUT2D eigenvalue weighted by Gasteiger charge is -2.08. The number of carbonyl (C=O) groups is 2. The van der Waals surface area contributed by atoms with Crippen LogP contribution in [0.1, 0.15) is 20.7 Å². The van der Waals surface area contributed by atoms with Gasteiger partial charge in [-0.3, -0.25) is 4.79 Å². The van der Waals surface area contributed by atoms with E-state index >= 15 is 0 Å². The molecular formula is C14H8BrCl2NO3. The maximum Gasteiger partial charge on any atom is 0.337 e. The molecule has 2 aromatic rings. The number of nitrogens with one attached hydrogen (secondary N) is 1. The third kappa shape index (κ3) is 3.75. The van der Waals surface area contributed by atoms with Crippen LogP contribution in [0, 0.1) is 0 Å². The van der Waals surface area contributed by atoms with Gasteiger partial charge in [-0.1, -0.05) is 23.2 Å². The zero-order valence-electron chi connectivity index (χ0n) is 10.4. The Hall–Kier alpha value is -1.56. The van der Waals surface area contributed by atoms with Crippen LogP contribution in [0.2, 0.25) is 10.0 Å². The summed E-state index contributed by atoms with van der Waals surface area (Å²) in [5.41, 5.74) is 0.787. The lowest BCUT2D eigenvalue weighted by atomic mass is 10.2. The van der Waals surface area contributed by atoms with Gasteiger partial charge in [0.25, 0.3) is 5.91 Å². The van der Waals surface area contributed by atoms with Crippen molar-refractivity contribution in [1.82, 2.24) is 0 Å². The van der Waals surface area contributed by atoms with Crippen molar-refractivity contribution in [3.8, 4) is 0 Å². The summed E-state index contributed by atoms with van der Waals surface area (Å²) in [6, 6.07) is 8.95. The van der Waals surface area contributed by atoms with E-state index in [0.717, 1.165) is 0 Å². The Morgan fingerprint density at radius 2 is 1.76 bits per heavy atom. The predicted octanol–water partition coefficient (Wildman–Crippen LogP) is 4.71. The first kappa shape index (κ1) is 15.8. The van der Waals surface area contributed by atoms with Crippen molar-refractivity contribution in [3.05, 3.63) is 62.0 Å². The number of benzene rings is 2. The Morgan fingerprint density at radius 1 is 1.05 bits per heavy atom. The normalized spacial score (nSPS) is 10.2. The number of carboxylic acids is 1. The maximum atomic E-state index is 12.1. The average molecular weight is 389 g/mol. The van der Waals surface area contributed by atoms with Crippen molar-refractivity contribution in [2.75, 3.05) is 5.32 Å². The molecule has 7 heteroatoms. The smallest absolute Gasteiger partial charge is 0.337 e. The molecule has 2 N–H and O–H groups in total. The van der Waals surface area contributed by atoms with Gasteiger partial charge in [-0.25, -0.2) is 4.79 Å². The number of rotatable bonds is 3. The number of hydrogen-bond acceptors (Lipinski definition) is 2. The van der Waals surface area contributed by atoms with E-state index in [-0.39, 0.29) is 16.5 Å². The van der Waals surface area contributed by atoms with Gasteiger partial charge < -0.3 is 10.4 Å². The third-order valence-corrected chi connectivity index (χ3v) is 4.17. The summed E-state index contributed by atoms with van der Waals surface area (Å²) in [6.45, 7) is 0. The number of halogens is 3. The van der Waals surface area contributed by atoms with Crippen molar-refractivity contribution in [3.63, 3.8) is 0 Å². The number of aromatic carboxylic acids is 1. The quantitative estimate of drug-likeness (QED) is 0.800. The molecule has 0 atom stereocenters. The SMILES string of the molecule is O=C(Nc1ccc(C(=O)O)c(Cl)c1)c1ccc(Cl)c(Br)c1. The van der Waals surface area contributed by atoms with E-state index in [1.807, 2.05) is 0 Å². The second kappa shape index (κ2) is 6.47. The van der Waals surface area contributed by atoms with Gasteiger partial charge >= 0.3 is 5.97 Å². The molecule has 2 aromatic carbocycles. The van der Waals surface area contributed by atoms with Crippen LogP contribution in [-0.4, -0.2) is 17.0 Å². The number of anilines is 1. The largest absolute Gasteiger partial charge is 0.478 e. The molecule has 108 valence electrons. The molecule has 0 aliphatic carbocycles. The minimum Gasteiger partial charge on any atom is -0.478 e. The molecule has 21 heavy (non-hydrogen) atoms. The fourth-order valence-electron chi connectivity index (χ4n) is 1.61. The Kier molecular flexibility index (Phi) is 4.88. The minimum absolute atomic E-state index is 0.0242. The fraction of sp³-hybridized carbons (Fsp3) is 0. The molecule has 4 nitrogen and oxygen atoms in total. The molecule has 1 amide bonds. The second-order valence-electron chi connectivity index (χ2n) is 4.08. The predicted molar refractivity (Wildman–Crippen MR) is 85.5 cm³/mol. The summed E-state index contributed by atoms with van der Waals surface area (Å²) in [5.74, 6) is -1.48. The third-order valence-electron chi connectivity index (χ3n) is 2.64. The summed E-state index contributed by atoms with van der Waals surface area (Å²) in [7, 11) is 0. The molecule has 2 rings (SSSR count). The first-order chi connectivity index (χ1) is 9.88. The molecule has 0 fully saturated rings. The Balaban J connectivity index is 2.21. The lowest BCUT2D eigenvalue weighted by Crippen LogP contribution is -2.12. The lowest BCUT2D eigenvalue weighted by molar-refractivity contribution is 0.0697. The molecule has 0 saturated carbocycles. The molecule has 0 spiro atoms. The highest BCUT2D eigenvalue weighted by Crippen LogP contribution is 2.25. The van der Waals surface area contributed by atoms with Crippen LogP contribution in [0.4, 0.5) is 5.69 Å². The van der Waals surface area contributed by atoms with Crippen LogP contribution in [0.15, 0.2) is 40.9 Å². The van der Waals surface area contributed by atoms with E-state index in [9.17, 15) is 9.59 Å². The van der Waals surface area contributed by atoms with E-state index in [1.165, 1.54) is 18.2 Å². The van der Waals surface area contributed by atoms with Crippen LogP contribution < -0.4 is 5.32 Å². The van der Waals surface area contributed by atoms with Crippen molar-refractivity contribution < 1.29 is 14.7 Å². The van der Waals surface area contributed by atoms with E-state index < -0.39 is 5.97 Å². The molecule has 0 aromatic heterocycles. The number of carboxylic acid groups (broad SMARTS) is 1. The summed E-state index contributed by atoms with van der Waals surface area (Å²) in [5, 5.41) is 12.1. The standard InChI is InChI=1S/C14H8BrCl2NO3/c15-10-5-7(1-4-11(10)16)13(19)18-8-2-3-9(14(20)21)12(17)6-8/h1-6H,(H,18,19)(H,20,21). The fourth-order valence-corrected chi connectivity index (χ4v) is 2.36. The Morgan fingerprint density at radius 3 is 2.33 bits per heavy atom. The van der Waals surface area contributed by atoms with Gasteiger partial charge in [0.05, 0.1) is 15.6 Å². The summed E-state index contributed by atoms with van der Waals surface area (Å²) in [4.78, 5) is 22.9. The van der Waals surface area contributed by atoms with Crippen molar-refractivity contribution >= 4 is 56.7 Å². The van der Waals surface area contributed by atoms with E-state index in [4.69, 9.17) is 28.3 Å². The minimum atomic E-state index is -1.13. The maximum absolute atomic E-state index is 12.1. The first-order valence-electron chi connectivity index (χ1n) is 5.67. The summed E-state index contributed by atoms with van der Waals surface area (Å²) >= 11 is 14.9. The molecular weight excluding hydrogens is 381 g/mol. The molecule has 0 unspecified atom stereocenters. The molecule has 0 bridgehead atoms. The van der Waals surface area contributed by atoms with Crippen molar-refractivity contribution in [2.45, 2.75) is 0 Å². The van der Waals surface area contributed by atoms with Gasteiger partial charge in [0, 0.05) is 15.7 Å². The molecule has 0 saturated heterocycles. The van der Waals surface area contributed by atoms with Crippen LogP contribution in [-0.2, 0) is 0 Å². The molecule has 0 heterocycles. The van der Waals surface area contributed by atoms with Gasteiger partial charge in [0.1, 0.15) is 0 Å².